The van der Waals surface area contributed by atoms with Crippen LogP contribution in [0.2, 0.25) is 5.02 Å². The molecule has 1 aromatic rings. The van der Waals surface area contributed by atoms with Crippen molar-refractivity contribution >= 4 is 11.6 Å². The number of aliphatic hydroxyl groups is 1. The number of hydrogen-bond acceptors (Lipinski definition) is 1. The molecule has 0 fully saturated rings. The predicted molar refractivity (Wildman–Crippen MR) is 93.0 cm³/mol. The summed E-state index contributed by atoms with van der Waals surface area (Å²) in [5.74, 6) is 0.378. The van der Waals surface area contributed by atoms with E-state index in [4.69, 9.17) is 11.6 Å². The highest BCUT2D eigenvalue weighted by atomic mass is 35.5. The number of aliphatic hydroxyl groups excluding tert-OH is 1. The summed E-state index contributed by atoms with van der Waals surface area (Å²) in [6, 6.07) is 8.00. The van der Waals surface area contributed by atoms with Gasteiger partial charge >= 0.3 is 0 Å². The van der Waals surface area contributed by atoms with Crippen LogP contribution in [0.4, 0.5) is 0 Å². The average molecular weight is 311 g/mol. The lowest BCUT2D eigenvalue weighted by molar-refractivity contribution is 0.214. The van der Waals surface area contributed by atoms with E-state index in [-0.39, 0.29) is 6.61 Å². The molecule has 1 unspecified atom stereocenters. The molecule has 0 amide bonds. The number of rotatable bonds is 12. The topological polar surface area (TPSA) is 20.2 Å². The standard InChI is InChI=1S/C19H31ClO/c1-2-3-4-5-6-7-8-9-11-18(16-21)14-17-12-10-13-19(20)15-17/h10,12-13,15,18,21H,2-9,11,14,16H2,1H3. The molecule has 2 heteroatoms. The largest absolute Gasteiger partial charge is 0.396 e. The molecule has 0 saturated heterocycles. The SMILES string of the molecule is CCCCCCCCCCC(CO)Cc1cccc(Cl)c1. The molecular formula is C19H31ClO. The van der Waals surface area contributed by atoms with Crippen molar-refractivity contribution in [1.29, 1.82) is 0 Å². The molecule has 1 rings (SSSR count). The smallest absolute Gasteiger partial charge is 0.0462 e. The molecule has 0 aliphatic carbocycles. The Labute approximate surface area is 135 Å². The van der Waals surface area contributed by atoms with E-state index in [1.165, 1.54) is 56.9 Å². The Morgan fingerprint density at radius 3 is 2.29 bits per heavy atom. The Hall–Kier alpha value is -0.530. The number of benzene rings is 1. The van der Waals surface area contributed by atoms with Crippen LogP contribution in [0.15, 0.2) is 24.3 Å². The third-order valence-electron chi connectivity index (χ3n) is 4.14. The minimum absolute atomic E-state index is 0.281. The van der Waals surface area contributed by atoms with Crippen LogP contribution in [0.3, 0.4) is 0 Å². The van der Waals surface area contributed by atoms with E-state index in [1.807, 2.05) is 18.2 Å². The first-order chi connectivity index (χ1) is 10.3. The minimum atomic E-state index is 0.281. The molecule has 1 aromatic carbocycles. The third-order valence-corrected chi connectivity index (χ3v) is 4.37. The summed E-state index contributed by atoms with van der Waals surface area (Å²) in [7, 11) is 0. The Balaban J connectivity index is 2.11. The van der Waals surface area contributed by atoms with E-state index >= 15 is 0 Å². The van der Waals surface area contributed by atoms with Crippen LogP contribution >= 0.6 is 11.6 Å². The second kappa shape index (κ2) is 12.1. The summed E-state index contributed by atoms with van der Waals surface area (Å²) in [4.78, 5) is 0. The quantitative estimate of drug-likeness (QED) is 0.468. The van der Waals surface area contributed by atoms with Gasteiger partial charge < -0.3 is 5.11 Å². The Kier molecular flexibility index (Phi) is 10.6. The van der Waals surface area contributed by atoms with Crippen molar-refractivity contribution < 1.29 is 5.11 Å². The first-order valence-corrected chi connectivity index (χ1v) is 8.99. The number of unbranched alkanes of at least 4 members (excludes halogenated alkanes) is 7. The summed E-state index contributed by atoms with van der Waals surface area (Å²) >= 11 is 6.01. The third kappa shape index (κ3) is 9.16. The zero-order chi connectivity index (χ0) is 15.3. The Morgan fingerprint density at radius 2 is 1.67 bits per heavy atom. The maximum absolute atomic E-state index is 9.52. The van der Waals surface area contributed by atoms with Crippen molar-refractivity contribution in [3.05, 3.63) is 34.9 Å². The van der Waals surface area contributed by atoms with Crippen molar-refractivity contribution in [1.82, 2.24) is 0 Å². The first kappa shape index (κ1) is 18.5. The van der Waals surface area contributed by atoms with Gasteiger partial charge in [0.1, 0.15) is 0 Å². The van der Waals surface area contributed by atoms with Crippen LogP contribution in [0, 0.1) is 5.92 Å². The van der Waals surface area contributed by atoms with E-state index in [0.29, 0.717) is 5.92 Å². The highest BCUT2D eigenvalue weighted by Crippen LogP contribution is 2.19. The van der Waals surface area contributed by atoms with Crippen LogP contribution in [-0.4, -0.2) is 11.7 Å². The van der Waals surface area contributed by atoms with Gasteiger partial charge in [-0.05, 0) is 36.5 Å². The summed E-state index contributed by atoms with van der Waals surface area (Å²) < 4.78 is 0. The molecule has 0 radical (unpaired) electrons. The van der Waals surface area contributed by atoms with E-state index < -0.39 is 0 Å². The highest BCUT2D eigenvalue weighted by Gasteiger charge is 2.08. The zero-order valence-corrected chi connectivity index (χ0v) is 14.2. The van der Waals surface area contributed by atoms with E-state index in [9.17, 15) is 5.11 Å². The van der Waals surface area contributed by atoms with Crippen LogP contribution in [0.5, 0.6) is 0 Å². The van der Waals surface area contributed by atoms with Crippen LogP contribution < -0.4 is 0 Å². The number of hydrogen-bond donors (Lipinski definition) is 1. The van der Waals surface area contributed by atoms with Gasteiger partial charge in [0, 0.05) is 11.6 Å². The van der Waals surface area contributed by atoms with Crippen molar-refractivity contribution in [2.75, 3.05) is 6.61 Å². The normalized spacial score (nSPS) is 12.5. The molecule has 1 N–H and O–H groups in total. The molecule has 120 valence electrons. The van der Waals surface area contributed by atoms with E-state index in [0.717, 1.165) is 17.9 Å². The predicted octanol–water partition coefficient (Wildman–Crippen LogP) is 6.02. The van der Waals surface area contributed by atoms with Gasteiger partial charge in [-0.15, -0.1) is 0 Å². The molecule has 1 nitrogen and oxygen atoms in total. The second-order valence-electron chi connectivity index (χ2n) is 6.15. The van der Waals surface area contributed by atoms with Gasteiger partial charge in [-0.25, -0.2) is 0 Å². The van der Waals surface area contributed by atoms with Gasteiger partial charge in [0.05, 0.1) is 0 Å². The Bertz CT molecular complexity index is 364. The van der Waals surface area contributed by atoms with Gasteiger partial charge in [0.2, 0.25) is 0 Å². The van der Waals surface area contributed by atoms with Gasteiger partial charge in [-0.3, -0.25) is 0 Å². The minimum Gasteiger partial charge on any atom is -0.396 e. The molecular weight excluding hydrogens is 280 g/mol. The average Bonchev–Trinajstić information content (AvgIpc) is 2.48. The fourth-order valence-electron chi connectivity index (χ4n) is 2.82. The molecule has 21 heavy (non-hydrogen) atoms. The second-order valence-corrected chi connectivity index (χ2v) is 6.58. The van der Waals surface area contributed by atoms with E-state index in [2.05, 4.69) is 13.0 Å². The molecule has 0 spiro atoms. The summed E-state index contributed by atoms with van der Waals surface area (Å²) in [6.45, 7) is 2.54. The van der Waals surface area contributed by atoms with Gasteiger partial charge in [-0.2, -0.15) is 0 Å². The summed E-state index contributed by atoms with van der Waals surface area (Å²) in [5, 5.41) is 10.3. The maximum Gasteiger partial charge on any atom is 0.0462 e. The maximum atomic E-state index is 9.52. The molecule has 0 aliphatic rings. The lowest BCUT2D eigenvalue weighted by Crippen LogP contribution is -2.09. The van der Waals surface area contributed by atoms with Crippen molar-refractivity contribution in [2.45, 2.75) is 71.1 Å². The fourth-order valence-corrected chi connectivity index (χ4v) is 3.03. The monoisotopic (exact) mass is 310 g/mol. The van der Waals surface area contributed by atoms with Crippen molar-refractivity contribution in [3.8, 4) is 0 Å². The molecule has 0 heterocycles. The molecule has 0 bridgehead atoms. The van der Waals surface area contributed by atoms with Gasteiger partial charge in [0.15, 0.2) is 0 Å². The summed E-state index contributed by atoms with van der Waals surface area (Å²) in [5.41, 5.74) is 1.24. The Morgan fingerprint density at radius 1 is 1.00 bits per heavy atom. The lowest BCUT2D eigenvalue weighted by atomic mass is 9.94. The molecule has 1 atom stereocenters. The van der Waals surface area contributed by atoms with Gasteiger partial charge in [0.25, 0.3) is 0 Å². The summed E-state index contributed by atoms with van der Waals surface area (Å²) in [6.07, 6.45) is 12.8. The van der Waals surface area contributed by atoms with Crippen LogP contribution in [0.25, 0.3) is 0 Å². The molecule has 0 aromatic heterocycles. The fraction of sp³-hybridized carbons (Fsp3) is 0.684. The van der Waals surface area contributed by atoms with Crippen molar-refractivity contribution in [2.24, 2.45) is 5.92 Å². The molecule has 0 aliphatic heterocycles. The first-order valence-electron chi connectivity index (χ1n) is 8.61. The highest BCUT2D eigenvalue weighted by molar-refractivity contribution is 6.30. The van der Waals surface area contributed by atoms with Gasteiger partial charge in [-0.1, -0.05) is 82.0 Å². The lowest BCUT2D eigenvalue weighted by Gasteiger charge is -2.14. The number of halogens is 1. The zero-order valence-electron chi connectivity index (χ0n) is 13.5. The van der Waals surface area contributed by atoms with E-state index in [1.54, 1.807) is 0 Å². The van der Waals surface area contributed by atoms with Crippen LogP contribution in [0.1, 0.15) is 70.3 Å². The molecule has 0 saturated carbocycles. The van der Waals surface area contributed by atoms with Crippen molar-refractivity contribution in [3.63, 3.8) is 0 Å². The van der Waals surface area contributed by atoms with Crippen LogP contribution in [-0.2, 0) is 6.42 Å².